The van der Waals surface area contributed by atoms with Crippen LogP contribution < -0.4 is 5.32 Å². The van der Waals surface area contributed by atoms with Gasteiger partial charge in [-0.2, -0.15) is 0 Å². The highest BCUT2D eigenvalue weighted by atomic mass is 32.2. The number of esters is 1. The molecule has 0 radical (unpaired) electrons. The molecule has 1 heterocycles. The van der Waals surface area contributed by atoms with Crippen LogP contribution in [0.5, 0.6) is 0 Å². The first-order valence-corrected chi connectivity index (χ1v) is 10.9. The van der Waals surface area contributed by atoms with Crippen LogP contribution in [0, 0.1) is 0 Å². The molecule has 0 aromatic rings. The Morgan fingerprint density at radius 1 is 1.00 bits per heavy atom. The number of amides is 1. The van der Waals surface area contributed by atoms with Gasteiger partial charge in [-0.15, -0.1) is 11.8 Å². The minimum Gasteiger partial charge on any atom is -0.464 e. The predicted octanol–water partition coefficient (Wildman–Crippen LogP) is 4.46. The lowest BCUT2D eigenvalue weighted by Gasteiger charge is -2.21. The van der Waals surface area contributed by atoms with E-state index in [0.717, 1.165) is 12.8 Å². The van der Waals surface area contributed by atoms with E-state index in [1.807, 2.05) is 0 Å². The van der Waals surface area contributed by atoms with Gasteiger partial charge in [0.15, 0.2) is 0 Å². The molecule has 1 rings (SSSR count). The van der Waals surface area contributed by atoms with Crippen molar-refractivity contribution in [2.45, 2.75) is 90.0 Å². The van der Waals surface area contributed by atoms with E-state index in [4.69, 9.17) is 4.74 Å². The maximum absolute atomic E-state index is 11.8. The summed E-state index contributed by atoms with van der Waals surface area (Å²) in [5.74, 6) is 0.725. The lowest BCUT2D eigenvalue weighted by molar-refractivity contribution is -0.147. The van der Waals surface area contributed by atoms with Crippen LogP contribution in [0.2, 0.25) is 0 Å². The summed E-state index contributed by atoms with van der Waals surface area (Å²) in [4.78, 5) is 23.0. The number of carbonyl (C=O) groups excluding carboxylic acids is 2. The molecule has 1 atom stereocenters. The molecule has 5 heteroatoms. The minimum absolute atomic E-state index is 0.0708. The molecule has 1 saturated heterocycles. The standard InChI is InChI=1S/C19H35NO3S/c1-2-3-4-5-6-7-8-9-10-11-12-13-14-23-19(22)17-15-24-16-18(21)20-17/h17H,2-16H2,1H3,(H,20,21). The summed E-state index contributed by atoms with van der Waals surface area (Å²) in [6.45, 7) is 2.74. The molecule has 0 aromatic carbocycles. The molecule has 0 aliphatic carbocycles. The van der Waals surface area contributed by atoms with E-state index >= 15 is 0 Å². The zero-order chi connectivity index (χ0) is 17.5. The van der Waals surface area contributed by atoms with Gasteiger partial charge in [0.25, 0.3) is 0 Å². The Balaban J connectivity index is 1.82. The summed E-state index contributed by atoms with van der Waals surface area (Å²) in [5.41, 5.74) is 0. The third kappa shape index (κ3) is 11.0. The molecule has 1 aliphatic heterocycles. The Hall–Kier alpha value is -0.710. The van der Waals surface area contributed by atoms with Crippen LogP contribution >= 0.6 is 11.8 Å². The lowest BCUT2D eigenvalue weighted by Crippen LogP contribution is -2.47. The van der Waals surface area contributed by atoms with E-state index in [1.165, 1.54) is 76.0 Å². The van der Waals surface area contributed by atoms with Crippen LogP contribution in [-0.2, 0) is 14.3 Å². The molecular weight excluding hydrogens is 322 g/mol. The van der Waals surface area contributed by atoms with Gasteiger partial charge >= 0.3 is 5.97 Å². The Labute approximate surface area is 151 Å². The van der Waals surface area contributed by atoms with Gasteiger partial charge in [-0.1, -0.05) is 77.6 Å². The highest BCUT2D eigenvalue weighted by molar-refractivity contribution is 8.00. The molecular formula is C19H35NO3S. The molecule has 4 nitrogen and oxygen atoms in total. The molecule has 1 fully saturated rings. The smallest absolute Gasteiger partial charge is 0.329 e. The summed E-state index contributed by atoms with van der Waals surface area (Å²) in [7, 11) is 0. The summed E-state index contributed by atoms with van der Waals surface area (Å²) >= 11 is 1.49. The molecule has 0 bridgehead atoms. The molecule has 1 aliphatic rings. The zero-order valence-corrected chi connectivity index (χ0v) is 16.1. The summed E-state index contributed by atoms with van der Waals surface area (Å²) in [6, 6.07) is -0.450. The monoisotopic (exact) mass is 357 g/mol. The average Bonchev–Trinajstić information content (AvgIpc) is 2.59. The SMILES string of the molecule is CCCCCCCCCCCCCCOC(=O)C1CSCC(=O)N1. The van der Waals surface area contributed by atoms with E-state index in [9.17, 15) is 9.59 Å². The van der Waals surface area contributed by atoms with Crippen molar-refractivity contribution in [3.05, 3.63) is 0 Å². The number of rotatable bonds is 14. The highest BCUT2D eigenvalue weighted by Gasteiger charge is 2.26. The van der Waals surface area contributed by atoms with Gasteiger partial charge in [0.1, 0.15) is 6.04 Å². The second-order valence-corrected chi connectivity index (χ2v) is 7.72. The Morgan fingerprint density at radius 3 is 2.08 bits per heavy atom. The van der Waals surface area contributed by atoms with E-state index in [-0.39, 0.29) is 11.9 Å². The molecule has 24 heavy (non-hydrogen) atoms. The van der Waals surface area contributed by atoms with Crippen LogP contribution in [0.4, 0.5) is 0 Å². The van der Waals surface area contributed by atoms with Crippen LogP contribution in [-0.4, -0.2) is 36.0 Å². The number of hydrogen-bond donors (Lipinski definition) is 1. The fourth-order valence-corrected chi connectivity index (χ4v) is 3.73. The number of nitrogens with one attached hydrogen (secondary N) is 1. The van der Waals surface area contributed by atoms with Crippen molar-refractivity contribution in [2.75, 3.05) is 18.1 Å². The minimum atomic E-state index is -0.450. The van der Waals surface area contributed by atoms with E-state index < -0.39 is 6.04 Å². The predicted molar refractivity (Wildman–Crippen MR) is 101 cm³/mol. The van der Waals surface area contributed by atoms with Crippen molar-refractivity contribution in [1.82, 2.24) is 5.32 Å². The van der Waals surface area contributed by atoms with Gasteiger partial charge in [-0.05, 0) is 6.42 Å². The van der Waals surface area contributed by atoms with E-state index in [1.54, 1.807) is 0 Å². The van der Waals surface area contributed by atoms with Crippen LogP contribution in [0.3, 0.4) is 0 Å². The topological polar surface area (TPSA) is 55.4 Å². The van der Waals surface area contributed by atoms with Crippen molar-refractivity contribution in [3.8, 4) is 0 Å². The maximum Gasteiger partial charge on any atom is 0.329 e. The summed E-state index contributed by atoms with van der Waals surface area (Å²) in [5, 5.41) is 2.68. The molecule has 0 spiro atoms. The van der Waals surface area contributed by atoms with Crippen molar-refractivity contribution in [1.29, 1.82) is 0 Å². The van der Waals surface area contributed by atoms with E-state index in [0.29, 0.717) is 18.1 Å². The van der Waals surface area contributed by atoms with Crippen LogP contribution in [0.1, 0.15) is 84.0 Å². The molecule has 1 N–H and O–H groups in total. The van der Waals surface area contributed by atoms with Crippen molar-refractivity contribution in [3.63, 3.8) is 0 Å². The second-order valence-electron chi connectivity index (χ2n) is 6.69. The second kappa shape index (κ2) is 14.6. The number of ether oxygens (including phenoxy) is 1. The third-order valence-corrected chi connectivity index (χ3v) is 5.41. The highest BCUT2D eigenvalue weighted by Crippen LogP contribution is 2.13. The first-order valence-electron chi connectivity index (χ1n) is 9.77. The fraction of sp³-hybridized carbons (Fsp3) is 0.895. The van der Waals surface area contributed by atoms with Gasteiger partial charge in [-0.25, -0.2) is 4.79 Å². The van der Waals surface area contributed by atoms with E-state index in [2.05, 4.69) is 12.2 Å². The Morgan fingerprint density at radius 2 is 1.54 bits per heavy atom. The quantitative estimate of drug-likeness (QED) is 0.368. The molecule has 1 unspecified atom stereocenters. The first kappa shape index (κ1) is 21.3. The average molecular weight is 358 g/mol. The van der Waals surface area contributed by atoms with Gasteiger partial charge in [0.2, 0.25) is 5.91 Å². The molecule has 1 amide bonds. The largest absolute Gasteiger partial charge is 0.464 e. The van der Waals surface area contributed by atoms with Crippen molar-refractivity contribution >= 4 is 23.6 Å². The summed E-state index contributed by atoms with van der Waals surface area (Å²) in [6.07, 6.45) is 15.5. The van der Waals surface area contributed by atoms with Gasteiger partial charge < -0.3 is 10.1 Å². The molecule has 0 aromatic heterocycles. The Kier molecular flexibility index (Phi) is 13.0. The normalized spacial score (nSPS) is 17.5. The summed E-state index contributed by atoms with van der Waals surface area (Å²) < 4.78 is 5.25. The van der Waals surface area contributed by atoms with Crippen molar-refractivity contribution in [2.24, 2.45) is 0 Å². The van der Waals surface area contributed by atoms with Gasteiger partial charge in [0.05, 0.1) is 12.4 Å². The van der Waals surface area contributed by atoms with Gasteiger partial charge in [0, 0.05) is 5.75 Å². The molecule has 140 valence electrons. The number of unbranched alkanes of at least 4 members (excludes halogenated alkanes) is 11. The van der Waals surface area contributed by atoms with Crippen LogP contribution in [0.15, 0.2) is 0 Å². The maximum atomic E-state index is 11.8. The van der Waals surface area contributed by atoms with Crippen molar-refractivity contribution < 1.29 is 14.3 Å². The fourth-order valence-electron chi connectivity index (χ4n) is 2.89. The zero-order valence-electron chi connectivity index (χ0n) is 15.3. The van der Waals surface area contributed by atoms with Gasteiger partial charge in [-0.3, -0.25) is 4.79 Å². The first-order chi connectivity index (χ1) is 11.7. The molecule has 0 saturated carbocycles. The number of carbonyl (C=O) groups is 2. The number of hydrogen-bond acceptors (Lipinski definition) is 4. The Bertz CT molecular complexity index is 350. The number of thioether (sulfide) groups is 1. The third-order valence-electron chi connectivity index (χ3n) is 4.38. The van der Waals surface area contributed by atoms with Crippen LogP contribution in [0.25, 0.3) is 0 Å². The lowest BCUT2D eigenvalue weighted by atomic mass is 10.1.